The van der Waals surface area contributed by atoms with Crippen molar-refractivity contribution in [2.75, 3.05) is 14.1 Å². The smallest absolute Gasteiger partial charge is 0.309 e. The van der Waals surface area contributed by atoms with Crippen molar-refractivity contribution in [3.8, 4) is 16.1 Å². The van der Waals surface area contributed by atoms with Crippen molar-refractivity contribution >= 4 is 88.6 Å². The van der Waals surface area contributed by atoms with Crippen molar-refractivity contribution in [2.45, 2.75) is 6.92 Å². The van der Waals surface area contributed by atoms with E-state index in [0.717, 1.165) is 35.8 Å². The first-order valence-corrected chi connectivity index (χ1v) is 15.8. The topological polar surface area (TPSA) is 62.6 Å². The molecule has 1 aliphatic rings. The minimum atomic E-state index is -0.624. The molecular weight excluding hydrogens is 587 g/mol. The highest BCUT2D eigenvalue weighted by atomic mass is 32.1. The van der Waals surface area contributed by atoms with Gasteiger partial charge in [0.2, 0.25) is 0 Å². The number of hydrogen-bond donors (Lipinski definition) is 0. The number of urea groups is 1. The molecule has 0 spiro atoms. The number of carbonyl (C=O) groups excluding carboxylic acids is 3. The van der Waals surface area contributed by atoms with Crippen molar-refractivity contribution in [1.82, 2.24) is 14.4 Å². The van der Waals surface area contributed by atoms with Crippen molar-refractivity contribution in [3.05, 3.63) is 107 Å². The first-order valence-electron chi connectivity index (χ1n) is 14.2. The van der Waals surface area contributed by atoms with E-state index < -0.39 is 17.8 Å². The van der Waals surface area contributed by atoms with Gasteiger partial charge in [-0.3, -0.25) is 19.4 Å². The molecule has 1 saturated heterocycles. The fourth-order valence-electron chi connectivity index (χ4n) is 6.02. The zero-order valence-electron chi connectivity index (χ0n) is 24.1. The van der Waals surface area contributed by atoms with Crippen LogP contribution in [0.2, 0.25) is 0 Å². The minimum Gasteiger partial charge on any atom is -0.309 e. The molecule has 7 aromatic rings. The minimum absolute atomic E-state index is 0.00983. The number of aryl methyl sites for hydroxylation is 1. The summed E-state index contributed by atoms with van der Waals surface area (Å²) < 4.78 is 4.57. The molecule has 4 amide bonds. The molecule has 44 heavy (non-hydrogen) atoms. The van der Waals surface area contributed by atoms with Gasteiger partial charge in [0.25, 0.3) is 11.8 Å². The first-order chi connectivity index (χ1) is 21.3. The van der Waals surface area contributed by atoms with Gasteiger partial charge in [-0.15, -0.1) is 22.7 Å². The largest absolute Gasteiger partial charge is 0.333 e. The summed E-state index contributed by atoms with van der Waals surface area (Å²) >= 11 is 3.28. The maximum atomic E-state index is 12.7. The quantitative estimate of drug-likeness (QED) is 0.148. The van der Waals surface area contributed by atoms with Gasteiger partial charge >= 0.3 is 6.03 Å². The Balaban J connectivity index is 1.19. The van der Waals surface area contributed by atoms with Crippen LogP contribution in [0.1, 0.15) is 10.4 Å². The average molecular weight is 612 g/mol. The molecule has 0 N–H and O–H groups in total. The summed E-state index contributed by atoms with van der Waals surface area (Å²) in [7, 11) is 2.77. The van der Waals surface area contributed by atoms with Gasteiger partial charge in [0.15, 0.2) is 0 Å². The number of imide groups is 2. The molecule has 4 heterocycles. The SMILES string of the molecule is Cc1ccc(-n2c3ccccc3c3cc(-c4cc5cc6sc(C=C7C(=O)N(C)C(=O)N(C)C7=O)cc6cc5s4)ccc32)cc1. The van der Waals surface area contributed by atoms with Gasteiger partial charge in [0.05, 0.1) is 11.0 Å². The Labute approximate surface area is 260 Å². The highest BCUT2D eigenvalue weighted by Crippen LogP contribution is 2.41. The average Bonchev–Trinajstić information content (AvgIpc) is 3.73. The molecule has 4 aromatic carbocycles. The normalized spacial score (nSPS) is 14.2. The number of carbonyl (C=O) groups is 3. The maximum absolute atomic E-state index is 12.7. The fourth-order valence-corrected chi connectivity index (χ4v) is 8.15. The van der Waals surface area contributed by atoms with Gasteiger partial charge in [-0.25, -0.2) is 4.79 Å². The van der Waals surface area contributed by atoms with E-state index in [-0.39, 0.29) is 5.57 Å². The summed E-state index contributed by atoms with van der Waals surface area (Å²) in [6.07, 6.45) is 1.59. The van der Waals surface area contributed by atoms with E-state index >= 15 is 0 Å². The number of likely N-dealkylation sites (N-methyl/N-ethyl adjacent to an activating group) is 2. The standard InChI is InChI=1S/C36H25N3O3S2/c1-20-8-11-24(12-9-20)39-29-7-5-4-6-26(29)27-15-21(10-13-30(27)39)31-17-23-18-32-22(16-33(23)44-31)14-25(43-32)19-28-34(40)37(2)36(42)38(3)35(28)41/h4-19H,1-3H3. The summed E-state index contributed by atoms with van der Waals surface area (Å²) in [5.41, 5.74) is 5.92. The molecule has 1 fully saturated rings. The number of barbiturate groups is 1. The Bertz CT molecular complexity index is 2310. The van der Waals surface area contributed by atoms with E-state index in [1.165, 1.54) is 67.9 Å². The van der Waals surface area contributed by atoms with Gasteiger partial charge in [-0.05, 0) is 83.9 Å². The van der Waals surface area contributed by atoms with Crippen molar-refractivity contribution in [3.63, 3.8) is 0 Å². The molecule has 6 nitrogen and oxygen atoms in total. The van der Waals surface area contributed by atoms with E-state index in [9.17, 15) is 14.4 Å². The Morgan fingerprint density at radius 3 is 2.07 bits per heavy atom. The molecule has 1 aliphatic heterocycles. The zero-order chi connectivity index (χ0) is 30.3. The Morgan fingerprint density at radius 2 is 1.32 bits per heavy atom. The number of hydrogen-bond acceptors (Lipinski definition) is 5. The lowest BCUT2D eigenvalue weighted by atomic mass is 10.1. The summed E-state index contributed by atoms with van der Waals surface area (Å²) in [4.78, 5) is 41.4. The monoisotopic (exact) mass is 611 g/mol. The molecule has 8 rings (SSSR count). The molecule has 0 atom stereocenters. The number of nitrogens with zero attached hydrogens (tertiary/aromatic N) is 3. The highest BCUT2D eigenvalue weighted by molar-refractivity contribution is 7.23. The van der Waals surface area contributed by atoms with Crippen LogP contribution in [0, 0.1) is 6.92 Å². The van der Waals surface area contributed by atoms with Crippen molar-refractivity contribution in [2.24, 2.45) is 0 Å². The lowest BCUT2D eigenvalue weighted by Gasteiger charge is -2.28. The molecule has 0 unspecified atom stereocenters. The molecular formula is C36H25N3O3S2. The first kappa shape index (κ1) is 26.6. The van der Waals surface area contributed by atoms with E-state index in [0.29, 0.717) is 0 Å². The number of fused-ring (bicyclic) bond motifs is 5. The number of aromatic nitrogens is 1. The van der Waals surface area contributed by atoms with Crippen LogP contribution in [-0.2, 0) is 9.59 Å². The van der Waals surface area contributed by atoms with Crippen LogP contribution in [-0.4, -0.2) is 46.3 Å². The zero-order valence-corrected chi connectivity index (χ0v) is 25.8. The summed E-state index contributed by atoms with van der Waals surface area (Å²) in [6.45, 7) is 2.11. The maximum Gasteiger partial charge on any atom is 0.333 e. The van der Waals surface area contributed by atoms with Crippen LogP contribution < -0.4 is 0 Å². The highest BCUT2D eigenvalue weighted by Gasteiger charge is 2.37. The van der Waals surface area contributed by atoms with Gasteiger partial charge in [-0.2, -0.15) is 0 Å². The number of amides is 4. The Kier molecular flexibility index (Phi) is 5.88. The van der Waals surface area contributed by atoms with Crippen LogP contribution in [0.25, 0.3) is 64.2 Å². The third-order valence-corrected chi connectivity index (χ3v) is 10.5. The van der Waals surface area contributed by atoms with Gasteiger partial charge in [0, 0.05) is 49.7 Å². The van der Waals surface area contributed by atoms with E-state index in [4.69, 9.17) is 0 Å². The van der Waals surface area contributed by atoms with E-state index in [2.05, 4.69) is 96.4 Å². The summed E-state index contributed by atoms with van der Waals surface area (Å²) in [5.74, 6) is -1.17. The molecule has 214 valence electrons. The number of thiophene rings is 2. The number of rotatable bonds is 3. The van der Waals surface area contributed by atoms with Crippen molar-refractivity contribution in [1.29, 1.82) is 0 Å². The Hall–Kier alpha value is -5.05. The number of benzene rings is 4. The third-order valence-electron chi connectivity index (χ3n) is 8.35. The molecule has 3 aromatic heterocycles. The lowest BCUT2D eigenvalue weighted by molar-refractivity contribution is -0.134. The second-order valence-electron chi connectivity index (χ2n) is 11.2. The van der Waals surface area contributed by atoms with Crippen LogP contribution >= 0.6 is 22.7 Å². The van der Waals surface area contributed by atoms with Gasteiger partial charge in [0.1, 0.15) is 5.57 Å². The van der Waals surface area contributed by atoms with Crippen molar-refractivity contribution < 1.29 is 14.4 Å². The summed E-state index contributed by atoms with van der Waals surface area (Å²) in [6, 6.07) is 31.9. The lowest BCUT2D eigenvalue weighted by Crippen LogP contribution is -2.52. The second-order valence-corrected chi connectivity index (χ2v) is 13.4. The van der Waals surface area contributed by atoms with Crippen LogP contribution in [0.3, 0.4) is 0 Å². The van der Waals surface area contributed by atoms with Crippen LogP contribution in [0.4, 0.5) is 4.79 Å². The predicted octanol–water partition coefficient (Wildman–Crippen LogP) is 8.62. The molecule has 0 bridgehead atoms. The molecule has 0 aliphatic carbocycles. The summed E-state index contributed by atoms with van der Waals surface area (Å²) in [5, 5.41) is 4.65. The van der Waals surface area contributed by atoms with E-state index in [1.807, 2.05) is 6.07 Å². The Morgan fingerprint density at radius 1 is 0.659 bits per heavy atom. The third kappa shape index (κ3) is 4.02. The molecule has 0 radical (unpaired) electrons. The second kappa shape index (κ2) is 9.74. The molecule has 8 heteroatoms. The van der Waals surface area contributed by atoms with Gasteiger partial charge < -0.3 is 4.57 Å². The number of para-hydroxylation sites is 1. The predicted molar refractivity (Wildman–Crippen MR) is 181 cm³/mol. The van der Waals surface area contributed by atoms with Gasteiger partial charge in [-0.1, -0.05) is 42.0 Å². The molecule has 0 saturated carbocycles. The van der Waals surface area contributed by atoms with Crippen LogP contribution in [0.15, 0.2) is 96.6 Å². The van der Waals surface area contributed by atoms with Crippen LogP contribution in [0.5, 0.6) is 0 Å². The fraction of sp³-hybridized carbons (Fsp3) is 0.0833. The van der Waals surface area contributed by atoms with E-state index in [1.54, 1.807) is 17.4 Å².